The number of hydrogen-bond donors (Lipinski definition) is 2. The molecule has 2 aromatic rings. The predicted molar refractivity (Wildman–Crippen MR) is 74.6 cm³/mol. The first-order chi connectivity index (χ1) is 9.10. The van der Waals surface area contributed by atoms with Crippen molar-refractivity contribution >= 4 is 24.2 Å². The van der Waals surface area contributed by atoms with Gasteiger partial charge in [-0.15, -0.1) is 12.6 Å². The number of carbonyl (C=O) groups is 1. The van der Waals surface area contributed by atoms with Crippen LogP contribution in [-0.4, -0.2) is 13.0 Å². The van der Waals surface area contributed by atoms with Crippen molar-refractivity contribution in [3.63, 3.8) is 0 Å². The lowest BCUT2D eigenvalue weighted by molar-refractivity contribution is 0.102. The zero-order valence-electron chi connectivity index (χ0n) is 10.2. The van der Waals surface area contributed by atoms with Gasteiger partial charge in [-0.3, -0.25) is 4.79 Å². The summed E-state index contributed by atoms with van der Waals surface area (Å²) in [6.07, 6.45) is 0. The summed E-state index contributed by atoms with van der Waals surface area (Å²) < 4.78 is 18.6. The van der Waals surface area contributed by atoms with Crippen LogP contribution in [-0.2, 0) is 0 Å². The van der Waals surface area contributed by atoms with Crippen LogP contribution in [0.25, 0.3) is 0 Å². The van der Waals surface area contributed by atoms with Gasteiger partial charge in [0.2, 0.25) is 0 Å². The maximum atomic E-state index is 13.6. The molecule has 0 heterocycles. The zero-order valence-corrected chi connectivity index (χ0v) is 11.1. The number of carbonyl (C=O) groups excluding carboxylic acids is 1. The number of rotatable bonds is 3. The predicted octanol–water partition coefficient (Wildman–Crippen LogP) is 3.38. The molecule has 0 atom stereocenters. The van der Waals surface area contributed by atoms with E-state index in [1.807, 2.05) is 0 Å². The van der Waals surface area contributed by atoms with E-state index in [4.69, 9.17) is 4.74 Å². The van der Waals surface area contributed by atoms with E-state index in [2.05, 4.69) is 17.9 Å². The van der Waals surface area contributed by atoms with Crippen LogP contribution in [0.1, 0.15) is 10.4 Å². The maximum absolute atomic E-state index is 13.6. The van der Waals surface area contributed by atoms with Crippen molar-refractivity contribution in [3.8, 4) is 5.75 Å². The van der Waals surface area contributed by atoms with Crippen molar-refractivity contribution in [1.29, 1.82) is 0 Å². The van der Waals surface area contributed by atoms with Crippen LogP contribution in [0.2, 0.25) is 0 Å². The number of nitrogens with one attached hydrogen (secondary N) is 1. The van der Waals surface area contributed by atoms with Gasteiger partial charge in [0.25, 0.3) is 5.91 Å². The Kier molecular flexibility index (Phi) is 4.06. The number of hydrogen-bond acceptors (Lipinski definition) is 3. The second-order valence-electron chi connectivity index (χ2n) is 3.85. The van der Waals surface area contributed by atoms with E-state index in [-0.39, 0.29) is 5.69 Å². The second-order valence-corrected chi connectivity index (χ2v) is 4.37. The highest BCUT2D eigenvalue weighted by molar-refractivity contribution is 7.80. The molecule has 0 spiro atoms. The molecule has 0 saturated carbocycles. The van der Waals surface area contributed by atoms with Gasteiger partial charge in [-0.2, -0.15) is 0 Å². The molecule has 0 bridgehead atoms. The normalized spacial score (nSPS) is 10.1. The summed E-state index contributed by atoms with van der Waals surface area (Å²) >= 11 is 4.15. The molecule has 2 aromatic carbocycles. The largest absolute Gasteiger partial charge is 0.497 e. The van der Waals surface area contributed by atoms with Crippen LogP contribution in [0.4, 0.5) is 10.1 Å². The number of amides is 1. The SMILES string of the molecule is COc1ccc(F)c(NC(=O)c2cccc(S)c2)c1. The van der Waals surface area contributed by atoms with Crippen LogP contribution < -0.4 is 10.1 Å². The molecule has 0 aliphatic carbocycles. The first kappa shape index (κ1) is 13.4. The van der Waals surface area contributed by atoms with E-state index < -0.39 is 11.7 Å². The summed E-state index contributed by atoms with van der Waals surface area (Å²) in [5.41, 5.74) is 0.489. The van der Waals surface area contributed by atoms with Crippen LogP contribution >= 0.6 is 12.6 Å². The van der Waals surface area contributed by atoms with Gasteiger partial charge in [-0.05, 0) is 30.3 Å². The highest BCUT2D eigenvalue weighted by Gasteiger charge is 2.10. The molecule has 0 radical (unpaired) electrons. The molecule has 0 fully saturated rings. The minimum Gasteiger partial charge on any atom is -0.497 e. The summed E-state index contributed by atoms with van der Waals surface area (Å²) in [5, 5.41) is 2.50. The fraction of sp³-hybridized carbons (Fsp3) is 0.0714. The van der Waals surface area contributed by atoms with Gasteiger partial charge in [0.1, 0.15) is 11.6 Å². The summed E-state index contributed by atoms with van der Waals surface area (Å²) in [6.45, 7) is 0. The molecular formula is C14H12FNO2S. The zero-order chi connectivity index (χ0) is 13.8. The number of thiol groups is 1. The van der Waals surface area contributed by atoms with Gasteiger partial charge < -0.3 is 10.1 Å². The molecule has 98 valence electrons. The Morgan fingerprint density at radius 2 is 2.05 bits per heavy atom. The average Bonchev–Trinajstić information content (AvgIpc) is 2.41. The monoisotopic (exact) mass is 277 g/mol. The Balaban J connectivity index is 2.23. The van der Waals surface area contributed by atoms with Crippen molar-refractivity contribution in [2.45, 2.75) is 4.90 Å². The molecule has 0 aromatic heterocycles. The van der Waals surface area contributed by atoms with Crippen LogP contribution in [0.3, 0.4) is 0 Å². The highest BCUT2D eigenvalue weighted by Crippen LogP contribution is 2.22. The molecule has 0 aliphatic heterocycles. The topological polar surface area (TPSA) is 38.3 Å². The molecule has 5 heteroatoms. The summed E-state index contributed by atoms with van der Waals surface area (Å²) in [4.78, 5) is 12.6. The molecule has 19 heavy (non-hydrogen) atoms. The number of anilines is 1. The van der Waals surface area contributed by atoms with Crippen molar-refractivity contribution in [1.82, 2.24) is 0 Å². The lowest BCUT2D eigenvalue weighted by Crippen LogP contribution is -2.13. The summed E-state index contributed by atoms with van der Waals surface area (Å²) in [5.74, 6) is -0.445. The molecule has 0 aliphatic rings. The van der Waals surface area contributed by atoms with Gasteiger partial charge in [0.05, 0.1) is 12.8 Å². The molecular weight excluding hydrogens is 265 g/mol. The third-order valence-corrected chi connectivity index (χ3v) is 2.81. The van der Waals surface area contributed by atoms with Gasteiger partial charge in [0.15, 0.2) is 0 Å². The van der Waals surface area contributed by atoms with E-state index in [0.717, 1.165) is 0 Å². The fourth-order valence-corrected chi connectivity index (χ4v) is 1.79. The van der Waals surface area contributed by atoms with E-state index in [1.54, 1.807) is 24.3 Å². The quantitative estimate of drug-likeness (QED) is 0.844. The Morgan fingerprint density at radius 1 is 1.26 bits per heavy atom. The van der Waals surface area contributed by atoms with Crippen LogP contribution in [0.5, 0.6) is 5.75 Å². The summed E-state index contributed by atoms with van der Waals surface area (Å²) in [7, 11) is 1.48. The number of benzene rings is 2. The minimum atomic E-state index is -0.517. The van der Waals surface area contributed by atoms with Gasteiger partial charge >= 0.3 is 0 Å². The molecule has 0 unspecified atom stereocenters. The van der Waals surface area contributed by atoms with Gasteiger partial charge in [-0.25, -0.2) is 4.39 Å². The lowest BCUT2D eigenvalue weighted by Gasteiger charge is -2.08. The van der Waals surface area contributed by atoms with E-state index in [9.17, 15) is 9.18 Å². The lowest BCUT2D eigenvalue weighted by atomic mass is 10.2. The molecule has 0 saturated heterocycles. The summed E-state index contributed by atoms with van der Waals surface area (Å²) in [6, 6.07) is 10.9. The Morgan fingerprint density at radius 3 is 2.74 bits per heavy atom. The average molecular weight is 277 g/mol. The smallest absolute Gasteiger partial charge is 0.255 e. The second kappa shape index (κ2) is 5.75. The van der Waals surface area contributed by atoms with Gasteiger partial charge in [0, 0.05) is 16.5 Å². The van der Waals surface area contributed by atoms with E-state index in [0.29, 0.717) is 16.2 Å². The molecule has 1 N–H and O–H groups in total. The van der Waals surface area contributed by atoms with Crippen LogP contribution in [0.15, 0.2) is 47.4 Å². The molecule has 2 rings (SSSR count). The van der Waals surface area contributed by atoms with E-state index in [1.165, 1.54) is 25.3 Å². The first-order valence-corrected chi connectivity index (χ1v) is 5.99. The van der Waals surface area contributed by atoms with Crippen molar-refractivity contribution < 1.29 is 13.9 Å². The molecule has 1 amide bonds. The standard InChI is InChI=1S/C14H12FNO2S/c1-18-10-5-6-12(15)13(8-10)16-14(17)9-3-2-4-11(19)7-9/h2-8,19H,1H3,(H,16,17). The van der Waals surface area contributed by atoms with E-state index >= 15 is 0 Å². The number of methoxy groups -OCH3 is 1. The number of halogens is 1. The third-order valence-electron chi connectivity index (χ3n) is 2.53. The van der Waals surface area contributed by atoms with Crippen molar-refractivity contribution in [2.24, 2.45) is 0 Å². The maximum Gasteiger partial charge on any atom is 0.255 e. The first-order valence-electron chi connectivity index (χ1n) is 5.54. The van der Waals surface area contributed by atoms with Crippen LogP contribution in [0, 0.1) is 5.82 Å². The van der Waals surface area contributed by atoms with Crippen molar-refractivity contribution in [3.05, 3.63) is 53.8 Å². The highest BCUT2D eigenvalue weighted by atomic mass is 32.1. The Hall–Kier alpha value is -2.01. The Bertz CT molecular complexity index is 616. The Labute approximate surface area is 115 Å². The van der Waals surface area contributed by atoms with Crippen molar-refractivity contribution in [2.75, 3.05) is 12.4 Å². The third kappa shape index (κ3) is 3.26. The van der Waals surface area contributed by atoms with Gasteiger partial charge in [-0.1, -0.05) is 6.07 Å². The fourth-order valence-electron chi connectivity index (χ4n) is 1.57. The number of ether oxygens (including phenoxy) is 1. The molecule has 3 nitrogen and oxygen atoms in total. The minimum absolute atomic E-state index is 0.0777.